The summed E-state index contributed by atoms with van der Waals surface area (Å²) in [5, 5.41) is 23.7. The first-order valence-electron chi connectivity index (χ1n) is 10.7. The van der Waals surface area contributed by atoms with E-state index < -0.39 is 12.1 Å². The maximum atomic E-state index is 13.2. The van der Waals surface area contributed by atoms with Gasteiger partial charge in [0.15, 0.2) is 17.6 Å². The molecule has 0 fully saturated rings. The summed E-state index contributed by atoms with van der Waals surface area (Å²) < 4.78 is 17.7. The van der Waals surface area contributed by atoms with E-state index in [1.807, 2.05) is 12.1 Å². The third-order valence-corrected chi connectivity index (χ3v) is 6.38. The van der Waals surface area contributed by atoms with Gasteiger partial charge >= 0.3 is 5.97 Å². The summed E-state index contributed by atoms with van der Waals surface area (Å²) in [6.07, 6.45) is -0.874. The molecule has 2 aromatic heterocycles. The van der Waals surface area contributed by atoms with Gasteiger partial charge in [-0.3, -0.25) is 4.79 Å². The lowest BCUT2D eigenvalue weighted by Gasteiger charge is -2.21. The molecule has 0 saturated heterocycles. The van der Waals surface area contributed by atoms with Crippen molar-refractivity contribution in [3.05, 3.63) is 50.8 Å². The first-order valence-corrected chi connectivity index (χ1v) is 10.7. The van der Waals surface area contributed by atoms with Crippen molar-refractivity contribution in [1.29, 1.82) is 0 Å². The number of esters is 1. The van der Waals surface area contributed by atoms with Crippen LogP contribution in [0.3, 0.4) is 0 Å². The molecule has 6 rings (SSSR count). The molecule has 0 radical (unpaired) electrons. The molecular formula is C23H21N3O7. The van der Waals surface area contributed by atoms with Crippen LogP contribution in [-0.4, -0.2) is 45.7 Å². The molecule has 3 aromatic rings. The van der Waals surface area contributed by atoms with Crippen LogP contribution in [0.1, 0.15) is 34.8 Å². The predicted octanol–water partition coefficient (Wildman–Crippen LogP) is 0.716. The normalized spacial score (nSPS) is 17.6. The lowest BCUT2D eigenvalue weighted by molar-refractivity contribution is -0.157. The van der Waals surface area contributed by atoms with E-state index in [0.717, 1.165) is 16.5 Å². The van der Waals surface area contributed by atoms with Crippen molar-refractivity contribution in [2.24, 2.45) is 0 Å². The standard InChI is InChI=1S/C23H21N3O7/c27-3-1-2-24-7-13-11-5-18-19(33-10-32-18)6-16(11)25-20-14(13)8-26-17(20)4-12-15(22(26)29)9-31-23(30)21(12)28/h4-6,21,24,27-28H,1-3,7-10H2/t21-/m0/s1. The lowest BCUT2D eigenvalue weighted by Crippen LogP contribution is -2.32. The Kier molecular flexibility index (Phi) is 4.61. The van der Waals surface area contributed by atoms with Gasteiger partial charge in [-0.25, -0.2) is 9.78 Å². The summed E-state index contributed by atoms with van der Waals surface area (Å²) in [6.45, 7) is 1.53. The van der Waals surface area contributed by atoms with Gasteiger partial charge in [-0.05, 0) is 30.7 Å². The second kappa shape index (κ2) is 7.55. The van der Waals surface area contributed by atoms with Crippen molar-refractivity contribution >= 4 is 16.9 Å². The Balaban J connectivity index is 1.55. The smallest absolute Gasteiger partial charge is 0.340 e. The zero-order valence-corrected chi connectivity index (χ0v) is 17.6. The summed E-state index contributed by atoms with van der Waals surface area (Å²) in [4.78, 5) is 30.0. The fourth-order valence-electron chi connectivity index (χ4n) is 4.72. The molecule has 1 atom stereocenters. The minimum atomic E-state index is -1.50. The number of nitrogens with zero attached hydrogens (tertiary/aromatic N) is 2. The largest absolute Gasteiger partial charge is 0.458 e. The molecular weight excluding hydrogens is 430 g/mol. The van der Waals surface area contributed by atoms with E-state index in [9.17, 15) is 14.7 Å². The van der Waals surface area contributed by atoms with E-state index in [2.05, 4.69) is 5.32 Å². The fourth-order valence-corrected chi connectivity index (χ4v) is 4.72. The number of rotatable bonds is 5. The third-order valence-electron chi connectivity index (χ3n) is 6.38. The summed E-state index contributed by atoms with van der Waals surface area (Å²) in [6, 6.07) is 5.39. The average molecular weight is 451 g/mol. The number of pyridine rings is 2. The second-order valence-corrected chi connectivity index (χ2v) is 8.26. The fraction of sp³-hybridized carbons (Fsp3) is 0.348. The number of nitrogens with one attached hydrogen (secondary N) is 1. The number of carbonyl (C=O) groups is 1. The van der Waals surface area contributed by atoms with E-state index in [1.54, 1.807) is 10.6 Å². The Hall–Kier alpha value is -3.47. The van der Waals surface area contributed by atoms with Crippen LogP contribution in [0.25, 0.3) is 22.3 Å². The van der Waals surface area contributed by atoms with E-state index >= 15 is 0 Å². The van der Waals surface area contributed by atoms with Gasteiger partial charge in [-0.1, -0.05) is 0 Å². The van der Waals surface area contributed by atoms with Gasteiger partial charge in [-0.2, -0.15) is 0 Å². The lowest BCUT2D eigenvalue weighted by atomic mass is 9.98. The zero-order chi connectivity index (χ0) is 22.7. The number of hydrogen-bond acceptors (Lipinski definition) is 9. The zero-order valence-electron chi connectivity index (χ0n) is 17.6. The molecule has 0 unspecified atom stereocenters. The Morgan fingerprint density at radius 1 is 1.12 bits per heavy atom. The summed E-state index contributed by atoms with van der Waals surface area (Å²) in [5.41, 5.74) is 3.99. The first-order chi connectivity index (χ1) is 16.1. The topological polar surface area (TPSA) is 132 Å². The monoisotopic (exact) mass is 451 g/mol. The Labute approximate surface area is 187 Å². The number of aromatic nitrogens is 2. The van der Waals surface area contributed by atoms with E-state index in [0.29, 0.717) is 54.5 Å². The van der Waals surface area contributed by atoms with Gasteiger partial charge in [0.05, 0.1) is 29.0 Å². The minimum Gasteiger partial charge on any atom is -0.458 e. The molecule has 3 aliphatic heterocycles. The summed E-state index contributed by atoms with van der Waals surface area (Å²) in [7, 11) is 0. The quantitative estimate of drug-likeness (QED) is 0.297. The second-order valence-electron chi connectivity index (χ2n) is 8.26. The maximum absolute atomic E-state index is 13.2. The van der Waals surface area contributed by atoms with E-state index in [1.165, 1.54) is 0 Å². The number of benzene rings is 1. The predicted molar refractivity (Wildman–Crippen MR) is 115 cm³/mol. The van der Waals surface area contributed by atoms with Crippen LogP contribution in [0.15, 0.2) is 23.0 Å². The number of fused-ring (bicyclic) bond motifs is 6. The van der Waals surface area contributed by atoms with Crippen LogP contribution in [-0.2, 0) is 29.2 Å². The first kappa shape index (κ1) is 20.2. The Bertz CT molecular complexity index is 1380. The SMILES string of the molecule is O=C1OCc2c(cc3n(c2=O)Cc2c-3nc3cc4c(cc3c2CNCCCO)OCO4)[C@@H]1O. The number of aliphatic hydroxyl groups is 2. The number of aliphatic hydroxyl groups excluding tert-OH is 2. The summed E-state index contributed by atoms with van der Waals surface area (Å²) >= 11 is 0. The molecule has 0 bridgehead atoms. The van der Waals surface area contributed by atoms with Gasteiger partial charge in [0.2, 0.25) is 6.79 Å². The van der Waals surface area contributed by atoms with Crippen LogP contribution >= 0.6 is 0 Å². The van der Waals surface area contributed by atoms with E-state index in [4.69, 9.17) is 24.3 Å². The molecule has 3 aliphatic rings. The van der Waals surface area contributed by atoms with Crippen molar-refractivity contribution in [3.63, 3.8) is 0 Å². The average Bonchev–Trinajstić information content (AvgIpc) is 3.42. The van der Waals surface area contributed by atoms with Crippen molar-refractivity contribution in [1.82, 2.24) is 14.9 Å². The molecule has 0 saturated carbocycles. The molecule has 0 spiro atoms. The van der Waals surface area contributed by atoms with Crippen molar-refractivity contribution in [2.75, 3.05) is 19.9 Å². The summed E-state index contributed by atoms with van der Waals surface area (Å²) in [5.74, 6) is 0.481. The van der Waals surface area contributed by atoms with Gasteiger partial charge in [0, 0.05) is 35.7 Å². The number of carbonyl (C=O) groups excluding carboxylic acids is 1. The van der Waals surface area contributed by atoms with E-state index in [-0.39, 0.29) is 36.7 Å². The highest BCUT2D eigenvalue weighted by Crippen LogP contribution is 2.42. The van der Waals surface area contributed by atoms with Crippen LogP contribution in [0, 0.1) is 0 Å². The van der Waals surface area contributed by atoms with Crippen LogP contribution in [0.4, 0.5) is 0 Å². The van der Waals surface area contributed by atoms with Gasteiger partial charge in [0.1, 0.15) is 6.61 Å². The van der Waals surface area contributed by atoms with Crippen molar-refractivity contribution < 1.29 is 29.2 Å². The third kappa shape index (κ3) is 3.02. The molecule has 1 aromatic carbocycles. The number of hydrogen-bond donors (Lipinski definition) is 3. The van der Waals surface area contributed by atoms with Gasteiger partial charge in [0.25, 0.3) is 5.56 Å². The molecule has 33 heavy (non-hydrogen) atoms. The highest BCUT2D eigenvalue weighted by Gasteiger charge is 2.35. The van der Waals surface area contributed by atoms with Crippen LogP contribution in [0.2, 0.25) is 0 Å². The van der Waals surface area contributed by atoms with Crippen LogP contribution in [0.5, 0.6) is 11.5 Å². The molecule has 10 nitrogen and oxygen atoms in total. The molecule has 3 N–H and O–H groups in total. The number of cyclic esters (lactones) is 1. The number of ether oxygens (including phenoxy) is 3. The van der Waals surface area contributed by atoms with Gasteiger partial charge in [-0.15, -0.1) is 0 Å². The highest BCUT2D eigenvalue weighted by atomic mass is 16.7. The van der Waals surface area contributed by atoms with Crippen molar-refractivity contribution in [2.45, 2.75) is 32.2 Å². The Morgan fingerprint density at radius 3 is 2.76 bits per heavy atom. The molecule has 5 heterocycles. The highest BCUT2D eigenvalue weighted by molar-refractivity contribution is 5.91. The maximum Gasteiger partial charge on any atom is 0.340 e. The molecule has 170 valence electrons. The van der Waals surface area contributed by atoms with Crippen LogP contribution < -0.4 is 20.3 Å². The Morgan fingerprint density at radius 2 is 1.94 bits per heavy atom. The molecule has 0 amide bonds. The van der Waals surface area contributed by atoms with Crippen molar-refractivity contribution in [3.8, 4) is 22.9 Å². The minimum absolute atomic E-state index is 0.0936. The molecule has 10 heteroatoms. The molecule has 0 aliphatic carbocycles. The van der Waals surface area contributed by atoms with Gasteiger partial charge < -0.3 is 34.3 Å².